The number of anilines is 1. The Morgan fingerprint density at radius 1 is 1.26 bits per heavy atom. The third kappa shape index (κ3) is 5.26. The molecule has 1 aliphatic rings. The van der Waals surface area contributed by atoms with Crippen molar-refractivity contribution in [3.05, 3.63) is 23.2 Å². The van der Waals surface area contributed by atoms with Crippen LogP contribution in [0.1, 0.15) is 12.8 Å². The first kappa shape index (κ1) is 21.3. The number of likely N-dealkylation sites (tertiary alicyclic amines) is 1. The van der Waals surface area contributed by atoms with Crippen molar-refractivity contribution in [2.45, 2.75) is 12.8 Å². The van der Waals surface area contributed by atoms with Crippen molar-refractivity contribution >= 4 is 39.2 Å². The molecule has 0 unspecified atom stereocenters. The quantitative estimate of drug-likeness (QED) is 0.650. The molecule has 27 heavy (non-hydrogen) atoms. The van der Waals surface area contributed by atoms with Gasteiger partial charge in [-0.25, -0.2) is 8.42 Å². The fourth-order valence-corrected chi connectivity index (χ4v) is 4.00. The second-order valence-electron chi connectivity index (χ2n) is 6.26. The summed E-state index contributed by atoms with van der Waals surface area (Å²) in [6, 6.07) is 4.56. The number of carbonyl (C=O) groups is 2. The van der Waals surface area contributed by atoms with Crippen molar-refractivity contribution in [2.75, 3.05) is 44.4 Å². The molecule has 0 aliphatic carbocycles. The molecule has 1 amide bonds. The Hall–Kier alpha value is -2.00. The molecular weight excluding hydrogens is 396 g/mol. The van der Waals surface area contributed by atoms with Crippen molar-refractivity contribution in [1.82, 2.24) is 4.90 Å². The van der Waals surface area contributed by atoms with E-state index in [1.807, 2.05) is 0 Å². The first-order chi connectivity index (χ1) is 12.7. The predicted molar refractivity (Wildman–Crippen MR) is 102 cm³/mol. The number of amides is 1. The molecule has 0 aromatic heterocycles. The van der Waals surface area contributed by atoms with Gasteiger partial charge in [0.25, 0.3) is 0 Å². The number of piperidine rings is 1. The molecular formula is C17H23ClN2O6S. The number of sulfonamides is 1. The molecule has 8 nitrogen and oxygen atoms in total. The van der Waals surface area contributed by atoms with Crippen LogP contribution in [0.3, 0.4) is 0 Å². The van der Waals surface area contributed by atoms with Crippen molar-refractivity contribution in [2.24, 2.45) is 5.92 Å². The van der Waals surface area contributed by atoms with E-state index in [-0.39, 0.29) is 30.0 Å². The maximum Gasteiger partial charge on any atom is 0.308 e. The van der Waals surface area contributed by atoms with Crippen LogP contribution in [-0.4, -0.2) is 65.3 Å². The third-order valence-electron chi connectivity index (χ3n) is 4.47. The second-order valence-corrected chi connectivity index (χ2v) is 8.61. The number of halogens is 1. The van der Waals surface area contributed by atoms with Crippen molar-refractivity contribution < 1.29 is 27.5 Å². The third-order valence-corrected chi connectivity index (χ3v) is 5.83. The van der Waals surface area contributed by atoms with Crippen LogP contribution in [0, 0.1) is 5.92 Å². The van der Waals surface area contributed by atoms with E-state index in [4.69, 9.17) is 21.1 Å². The Kier molecular flexibility index (Phi) is 6.94. The maximum absolute atomic E-state index is 12.7. The van der Waals surface area contributed by atoms with Crippen LogP contribution >= 0.6 is 11.6 Å². The molecule has 0 radical (unpaired) electrons. The molecule has 1 aliphatic heterocycles. The highest BCUT2D eigenvalue weighted by Crippen LogP contribution is 2.33. The van der Waals surface area contributed by atoms with Crippen LogP contribution in [0.25, 0.3) is 0 Å². The topological polar surface area (TPSA) is 93.2 Å². The smallest absolute Gasteiger partial charge is 0.308 e. The van der Waals surface area contributed by atoms with E-state index in [1.54, 1.807) is 17.0 Å². The first-order valence-corrected chi connectivity index (χ1v) is 10.6. The molecule has 0 spiro atoms. The van der Waals surface area contributed by atoms with E-state index in [9.17, 15) is 18.0 Å². The zero-order valence-electron chi connectivity index (χ0n) is 15.5. The van der Waals surface area contributed by atoms with E-state index < -0.39 is 10.0 Å². The summed E-state index contributed by atoms with van der Waals surface area (Å²) in [6.45, 7) is 0.351. The largest absolute Gasteiger partial charge is 0.495 e. The van der Waals surface area contributed by atoms with Crippen molar-refractivity contribution in [3.63, 3.8) is 0 Å². The maximum atomic E-state index is 12.7. The van der Waals surface area contributed by atoms with Gasteiger partial charge in [-0.15, -0.1) is 0 Å². The Balaban J connectivity index is 2.18. The standard InChI is InChI=1S/C17H23ClN2O6S/c1-25-15-5-4-13(18)10-14(15)20(27(3,23)24)11-16(21)19-8-6-12(7-9-19)17(22)26-2/h4-5,10,12H,6-9,11H2,1-3H3. The summed E-state index contributed by atoms with van der Waals surface area (Å²) in [4.78, 5) is 25.8. The Morgan fingerprint density at radius 2 is 1.89 bits per heavy atom. The van der Waals surface area contributed by atoms with Crippen LogP contribution in [0.15, 0.2) is 18.2 Å². The van der Waals surface area contributed by atoms with Crippen LogP contribution in [-0.2, 0) is 24.3 Å². The monoisotopic (exact) mass is 418 g/mol. The summed E-state index contributed by atoms with van der Waals surface area (Å²) in [5.41, 5.74) is 0.199. The van der Waals surface area contributed by atoms with Crippen molar-refractivity contribution in [3.8, 4) is 5.75 Å². The number of esters is 1. The van der Waals surface area contributed by atoms with Crippen molar-refractivity contribution in [1.29, 1.82) is 0 Å². The molecule has 0 atom stereocenters. The van der Waals surface area contributed by atoms with Gasteiger partial charge in [0, 0.05) is 18.1 Å². The summed E-state index contributed by atoms with van der Waals surface area (Å²) in [5, 5.41) is 0.325. The highest BCUT2D eigenvalue weighted by atomic mass is 35.5. The lowest BCUT2D eigenvalue weighted by molar-refractivity contribution is -0.148. The number of benzene rings is 1. The summed E-state index contributed by atoms with van der Waals surface area (Å²) in [5.74, 6) is -0.589. The van der Waals surface area contributed by atoms with Gasteiger partial charge in [0.1, 0.15) is 12.3 Å². The van der Waals surface area contributed by atoms with E-state index >= 15 is 0 Å². The molecule has 1 saturated heterocycles. The van der Waals surface area contributed by atoms with E-state index in [0.717, 1.165) is 10.6 Å². The number of rotatable bonds is 6. The normalized spacial score (nSPS) is 15.3. The highest BCUT2D eigenvalue weighted by Gasteiger charge is 2.31. The molecule has 1 heterocycles. The Morgan fingerprint density at radius 3 is 2.41 bits per heavy atom. The summed E-state index contributed by atoms with van der Waals surface area (Å²) in [7, 11) is -1.01. The Labute approximate surface area is 164 Å². The van der Waals surface area contributed by atoms with Crippen LogP contribution in [0.4, 0.5) is 5.69 Å². The zero-order valence-corrected chi connectivity index (χ0v) is 17.0. The van der Waals surface area contributed by atoms with Gasteiger partial charge in [-0.1, -0.05) is 11.6 Å². The van der Waals surface area contributed by atoms with Crippen LogP contribution in [0.2, 0.25) is 5.02 Å². The minimum absolute atomic E-state index is 0.199. The van der Waals surface area contributed by atoms with Gasteiger partial charge in [0.05, 0.1) is 32.1 Å². The van der Waals surface area contributed by atoms with Gasteiger partial charge < -0.3 is 14.4 Å². The SMILES string of the molecule is COC(=O)C1CCN(C(=O)CN(c2cc(Cl)ccc2OC)S(C)(=O)=O)CC1. The molecule has 1 fully saturated rings. The molecule has 10 heteroatoms. The molecule has 0 N–H and O–H groups in total. The van der Waals surface area contributed by atoms with Crippen LogP contribution < -0.4 is 9.04 Å². The summed E-state index contributed by atoms with van der Waals surface area (Å²) >= 11 is 6.00. The molecule has 0 saturated carbocycles. The van der Waals surface area contributed by atoms with Gasteiger partial charge in [0.2, 0.25) is 15.9 Å². The molecule has 150 valence electrons. The fraction of sp³-hybridized carbons (Fsp3) is 0.529. The minimum atomic E-state index is -3.76. The van der Waals surface area contributed by atoms with E-state index in [0.29, 0.717) is 36.7 Å². The highest BCUT2D eigenvalue weighted by molar-refractivity contribution is 7.92. The Bertz CT molecular complexity index is 806. The summed E-state index contributed by atoms with van der Waals surface area (Å²) < 4.78 is 35.5. The average Bonchev–Trinajstić information content (AvgIpc) is 2.64. The van der Waals surface area contributed by atoms with E-state index in [1.165, 1.54) is 20.3 Å². The zero-order chi connectivity index (χ0) is 20.2. The lowest BCUT2D eigenvalue weighted by Gasteiger charge is -2.32. The van der Waals surface area contributed by atoms with Gasteiger partial charge in [-0.2, -0.15) is 0 Å². The number of carbonyl (C=O) groups excluding carboxylic acids is 2. The van der Waals surface area contributed by atoms with Gasteiger partial charge in [-0.05, 0) is 31.0 Å². The lowest BCUT2D eigenvalue weighted by Crippen LogP contribution is -2.46. The fourth-order valence-electron chi connectivity index (χ4n) is 2.99. The lowest BCUT2D eigenvalue weighted by atomic mass is 9.97. The molecule has 1 aromatic rings. The number of hydrogen-bond donors (Lipinski definition) is 0. The van der Waals surface area contributed by atoms with Crippen LogP contribution in [0.5, 0.6) is 5.75 Å². The first-order valence-electron chi connectivity index (χ1n) is 8.34. The van der Waals surface area contributed by atoms with E-state index in [2.05, 4.69) is 0 Å². The minimum Gasteiger partial charge on any atom is -0.495 e. The molecule has 0 bridgehead atoms. The average molecular weight is 419 g/mol. The number of nitrogens with zero attached hydrogens (tertiary/aromatic N) is 2. The molecule has 1 aromatic carbocycles. The predicted octanol–water partition coefficient (Wildman–Crippen LogP) is 1.53. The second kappa shape index (κ2) is 8.79. The van der Waals surface area contributed by atoms with Gasteiger partial charge in [0.15, 0.2) is 0 Å². The number of hydrogen-bond acceptors (Lipinski definition) is 6. The molecule has 2 rings (SSSR count). The summed E-state index contributed by atoms with van der Waals surface area (Å²) in [6.07, 6.45) is 1.99. The van der Waals surface area contributed by atoms with Gasteiger partial charge >= 0.3 is 5.97 Å². The van der Waals surface area contributed by atoms with Gasteiger partial charge in [-0.3, -0.25) is 13.9 Å². The number of methoxy groups -OCH3 is 2. The number of ether oxygens (including phenoxy) is 2.